The van der Waals surface area contributed by atoms with E-state index in [-0.39, 0.29) is 24.2 Å². The van der Waals surface area contributed by atoms with Gasteiger partial charge in [-0.25, -0.2) is 9.07 Å². The second kappa shape index (κ2) is 8.28. The number of hydrogen-bond acceptors (Lipinski definition) is 4. The Bertz CT molecular complexity index is 819. The van der Waals surface area contributed by atoms with Gasteiger partial charge in [-0.1, -0.05) is 17.3 Å². The summed E-state index contributed by atoms with van der Waals surface area (Å²) in [7, 11) is 0. The van der Waals surface area contributed by atoms with Gasteiger partial charge in [-0.15, -0.1) is 5.10 Å². The third kappa shape index (κ3) is 4.50. The molecule has 0 aliphatic carbocycles. The maximum absolute atomic E-state index is 13.0. The van der Waals surface area contributed by atoms with Crippen molar-refractivity contribution in [1.82, 2.24) is 19.9 Å². The minimum absolute atomic E-state index is 0.0463. The fourth-order valence-corrected chi connectivity index (χ4v) is 3.47. The number of halogens is 1. The van der Waals surface area contributed by atoms with E-state index in [1.165, 1.54) is 12.1 Å². The Hall–Kier alpha value is -2.77. The Morgan fingerprint density at radius 3 is 2.70 bits per heavy atom. The average molecular weight is 374 g/mol. The zero-order valence-corrected chi connectivity index (χ0v) is 15.3. The number of piperidine rings is 1. The molecule has 1 aliphatic heterocycles. The van der Waals surface area contributed by atoms with Gasteiger partial charge in [0.2, 0.25) is 0 Å². The van der Waals surface area contributed by atoms with Crippen molar-refractivity contribution in [2.45, 2.75) is 51.6 Å². The topological polar surface area (TPSA) is 88.3 Å². The first kappa shape index (κ1) is 19.0. The van der Waals surface area contributed by atoms with Gasteiger partial charge in [0.15, 0.2) is 5.69 Å². The standard InChI is InChI=1S/C19H23FN4O3/c1-13-18(21-22-24(13)12-14-5-7-15(20)8-6-14)19(27)23-11-3-2-4-16(23)9-10-17(25)26/h5-8,16H,2-4,9-12H2,1H3,(H,25,26). The van der Waals surface area contributed by atoms with Crippen LogP contribution in [0.4, 0.5) is 4.39 Å². The molecule has 2 heterocycles. The molecule has 0 bridgehead atoms. The Morgan fingerprint density at radius 1 is 1.26 bits per heavy atom. The number of likely N-dealkylation sites (tertiary alicyclic amines) is 1. The van der Waals surface area contributed by atoms with Crippen molar-refractivity contribution in [3.63, 3.8) is 0 Å². The van der Waals surface area contributed by atoms with Crippen molar-refractivity contribution < 1.29 is 19.1 Å². The normalized spacial score (nSPS) is 17.1. The van der Waals surface area contributed by atoms with E-state index in [4.69, 9.17) is 5.11 Å². The van der Waals surface area contributed by atoms with Gasteiger partial charge in [-0.2, -0.15) is 0 Å². The van der Waals surface area contributed by atoms with Crippen LogP contribution in [0.25, 0.3) is 0 Å². The van der Waals surface area contributed by atoms with Crippen LogP contribution in [-0.2, 0) is 11.3 Å². The molecule has 1 saturated heterocycles. The number of benzene rings is 1. The summed E-state index contributed by atoms with van der Waals surface area (Å²) in [4.78, 5) is 25.6. The first-order valence-corrected chi connectivity index (χ1v) is 9.13. The van der Waals surface area contributed by atoms with Crippen LogP contribution in [0, 0.1) is 12.7 Å². The van der Waals surface area contributed by atoms with E-state index < -0.39 is 5.97 Å². The van der Waals surface area contributed by atoms with Crippen molar-refractivity contribution in [3.05, 3.63) is 47.0 Å². The zero-order valence-electron chi connectivity index (χ0n) is 15.3. The lowest BCUT2D eigenvalue weighted by atomic mass is 9.97. The Morgan fingerprint density at radius 2 is 2.00 bits per heavy atom. The largest absolute Gasteiger partial charge is 0.481 e. The van der Waals surface area contributed by atoms with Crippen molar-refractivity contribution in [2.24, 2.45) is 0 Å². The summed E-state index contributed by atoms with van der Waals surface area (Å²) >= 11 is 0. The molecule has 0 radical (unpaired) electrons. The number of carboxylic acid groups (broad SMARTS) is 1. The Labute approximate surface area is 156 Å². The summed E-state index contributed by atoms with van der Waals surface area (Å²) in [5.74, 6) is -1.36. The molecule has 1 aromatic carbocycles. The fourth-order valence-electron chi connectivity index (χ4n) is 3.47. The smallest absolute Gasteiger partial charge is 0.303 e. The average Bonchev–Trinajstić information content (AvgIpc) is 3.02. The molecular formula is C19H23FN4O3. The molecule has 1 fully saturated rings. The van der Waals surface area contributed by atoms with Crippen LogP contribution in [0.2, 0.25) is 0 Å². The molecule has 1 aromatic heterocycles. The van der Waals surface area contributed by atoms with Crippen molar-refractivity contribution in [3.8, 4) is 0 Å². The summed E-state index contributed by atoms with van der Waals surface area (Å²) < 4.78 is 14.7. The first-order valence-electron chi connectivity index (χ1n) is 9.13. The maximum atomic E-state index is 13.0. The van der Waals surface area contributed by atoms with Gasteiger partial charge in [0, 0.05) is 19.0 Å². The minimum atomic E-state index is -0.852. The van der Waals surface area contributed by atoms with Crippen LogP contribution >= 0.6 is 0 Å². The predicted octanol–water partition coefficient (Wildman–Crippen LogP) is 2.63. The van der Waals surface area contributed by atoms with Gasteiger partial charge in [0.1, 0.15) is 5.82 Å². The minimum Gasteiger partial charge on any atom is -0.481 e. The number of carbonyl (C=O) groups excluding carboxylic acids is 1. The van der Waals surface area contributed by atoms with E-state index in [1.807, 2.05) is 0 Å². The first-order chi connectivity index (χ1) is 13.0. The molecule has 27 heavy (non-hydrogen) atoms. The molecule has 1 unspecified atom stereocenters. The van der Waals surface area contributed by atoms with E-state index in [2.05, 4.69) is 10.3 Å². The quantitative estimate of drug-likeness (QED) is 0.840. The lowest BCUT2D eigenvalue weighted by molar-refractivity contribution is -0.137. The second-order valence-electron chi connectivity index (χ2n) is 6.89. The number of carboxylic acids is 1. The predicted molar refractivity (Wildman–Crippen MR) is 95.8 cm³/mol. The number of aromatic nitrogens is 3. The monoisotopic (exact) mass is 374 g/mol. The number of hydrogen-bond donors (Lipinski definition) is 1. The van der Waals surface area contributed by atoms with E-state index in [9.17, 15) is 14.0 Å². The van der Waals surface area contributed by atoms with Gasteiger partial charge < -0.3 is 10.0 Å². The van der Waals surface area contributed by atoms with E-state index >= 15 is 0 Å². The number of rotatable bonds is 6. The van der Waals surface area contributed by atoms with Crippen molar-refractivity contribution in [1.29, 1.82) is 0 Å². The zero-order chi connectivity index (χ0) is 19.4. The van der Waals surface area contributed by atoms with Gasteiger partial charge in [-0.3, -0.25) is 9.59 Å². The Balaban J connectivity index is 1.74. The van der Waals surface area contributed by atoms with E-state index in [1.54, 1.807) is 28.6 Å². The van der Waals surface area contributed by atoms with Gasteiger partial charge >= 0.3 is 5.97 Å². The molecule has 1 aliphatic rings. The highest BCUT2D eigenvalue weighted by molar-refractivity contribution is 5.93. The number of aliphatic carboxylic acids is 1. The summed E-state index contributed by atoms with van der Waals surface area (Å²) in [6.07, 6.45) is 3.19. The molecule has 144 valence electrons. The van der Waals surface area contributed by atoms with Crippen LogP contribution < -0.4 is 0 Å². The summed E-state index contributed by atoms with van der Waals surface area (Å²) in [6.45, 7) is 2.79. The molecule has 8 heteroatoms. The van der Waals surface area contributed by atoms with Crippen LogP contribution in [0.1, 0.15) is 53.8 Å². The van der Waals surface area contributed by atoms with Crippen LogP contribution in [0.15, 0.2) is 24.3 Å². The molecule has 2 aromatic rings. The van der Waals surface area contributed by atoms with Gasteiger partial charge in [0.05, 0.1) is 12.2 Å². The number of nitrogens with zero attached hydrogens (tertiary/aromatic N) is 4. The Kier molecular flexibility index (Phi) is 5.83. The third-order valence-electron chi connectivity index (χ3n) is 5.01. The van der Waals surface area contributed by atoms with Crippen LogP contribution in [0.3, 0.4) is 0 Å². The van der Waals surface area contributed by atoms with Gasteiger partial charge in [-0.05, 0) is 50.3 Å². The SMILES string of the molecule is Cc1c(C(=O)N2CCCCC2CCC(=O)O)nnn1Cc1ccc(F)cc1. The highest BCUT2D eigenvalue weighted by Gasteiger charge is 2.30. The number of amides is 1. The molecule has 1 amide bonds. The van der Waals surface area contributed by atoms with Crippen LogP contribution in [-0.4, -0.2) is 49.5 Å². The van der Waals surface area contributed by atoms with Crippen molar-refractivity contribution >= 4 is 11.9 Å². The highest BCUT2D eigenvalue weighted by atomic mass is 19.1. The highest BCUT2D eigenvalue weighted by Crippen LogP contribution is 2.23. The summed E-state index contributed by atoms with van der Waals surface area (Å²) in [6, 6.07) is 6.03. The summed E-state index contributed by atoms with van der Waals surface area (Å²) in [5, 5.41) is 17.1. The maximum Gasteiger partial charge on any atom is 0.303 e. The third-order valence-corrected chi connectivity index (χ3v) is 5.01. The molecule has 3 rings (SSSR count). The molecule has 0 saturated carbocycles. The lowest BCUT2D eigenvalue weighted by Crippen LogP contribution is -2.44. The van der Waals surface area contributed by atoms with Gasteiger partial charge in [0.25, 0.3) is 5.91 Å². The molecule has 1 atom stereocenters. The second-order valence-corrected chi connectivity index (χ2v) is 6.89. The fraction of sp³-hybridized carbons (Fsp3) is 0.474. The van der Waals surface area contributed by atoms with Crippen molar-refractivity contribution in [2.75, 3.05) is 6.54 Å². The van der Waals surface area contributed by atoms with E-state index in [0.717, 1.165) is 24.8 Å². The lowest BCUT2D eigenvalue weighted by Gasteiger charge is -2.35. The number of carbonyl (C=O) groups is 2. The molecule has 1 N–H and O–H groups in total. The molecular weight excluding hydrogens is 351 g/mol. The molecule has 7 nitrogen and oxygen atoms in total. The molecule has 0 spiro atoms. The van der Waals surface area contributed by atoms with E-state index in [0.29, 0.717) is 30.9 Å². The van der Waals surface area contributed by atoms with Crippen LogP contribution in [0.5, 0.6) is 0 Å². The summed E-state index contributed by atoms with van der Waals surface area (Å²) in [5.41, 5.74) is 1.80.